The number of ether oxygens (including phenoxy) is 1. The summed E-state index contributed by atoms with van der Waals surface area (Å²) in [6.07, 6.45) is 0.175. The first-order chi connectivity index (χ1) is 13.3. The van der Waals surface area contributed by atoms with Crippen LogP contribution in [0.25, 0.3) is 0 Å². The van der Waals surface area contributed by atoms with Crippen LogP contribution in [0.15, 0.2) is 18.2 Å². The Hall–Kier alpha value is -1.50. The van der Waals surface area contributed by atoms with Crippen molar-refractivity contribution >= 4 is 35.0 Å². The molecule has 1 aromatic rings. The summed E-state index contributed by atoms with van der Waals surface area (Å²) in [4.78, 5) is 30.9. The maximum atomic E-state index is 12.8. The maximum absolute atomic E-state index is 12.8. The van der Waals surface area contributed by atoms with Gasteiger partial charge in [-0.2, -0.15) is 0 Å². The van der Waals surface area contributed by atoms with Gasteiger partial charge in [-0.25, -0.2) is 0 Å². The number of halogens is 2. The van der Waals surface area contributed by atoms with Crippen molar-refractivity contribution in [2.45, 2.75) is 33.3 Å². The summed E-state index contributed by atoms with van der Waals surface area (Å²) in [5.74, 6) is 0.495. The van der Waals surface area contributed by atoms with Crippen LogP contribution in [0.2, 0.25) is 10.0 Å². The summed E-state index contributed by atoms with van der Waals surface area (Å²) in [6.45, 7) is 10.2. The van der Waals surface area contributed by atoms with Crippen LogP contribution >= 0.6 is 23.2 Å². The van der Waals surface area contributed by atoms with Crippen LogP contribution in [0, 0.1) is 0 Å². The van der Waals surface area contributed by atoms with Crippen LogP contribution in [-0.2, 0) is 9.59 Å². The van der Waals surface area contributed by atoms with Gasteiger partial charge in [-0.05, 0) is 45.4 Å². The molecule has 1 aliphatic rings. The van der Waals surface area contributed by atoms with E-state index in [1.807, 2.05) is 18.7 Å². The van der Waals surface area contributed by atoms with Crippen molar-refractivity contribution in [1.82, 2.24) is 14.7 Å². The molecule has 0 radical (unpaired) electrons. The van der Waals surface area contributed by atoms with E-state index in [-0.39, 0.29) is 11.8 Å². The minimum absolute atomic E-state index is 0.0806. The molecule has 1 atom stereocenters. The van der Waals surface area contributed by atoms with Crippen LogP contribution in [0.3, 0.4) is 0 Å². The zero-order valence-electron chi connectivity index (χ0n) is 16.8. The molecule has 0 saturated carbocycles. The van der Waals surface area contributed by atoms with Gasteiger partial charge in [0, 0.05) is 44.3 Å². The lowest BCUT2D eigenvalue weighted by molar-refractivity contribution is -0.137. The van der Waals surface area contributed by atoms with Crippen LogP contribution < -0.4 is 4.74 Å². The van der Waals surface area contributed by atoms with Gasteiger partial charge in [0.2, 0.25) is 5.91 Å². The summed E-state index contributed by atoms with van der Waals surface area (Å²) < 4.78 is 5.75. The van der Waals surface area contributed by atoms with Crippen molar-refractivity contribution in [3.05, 3.63) is 28.2 Å². The second-order valence-corrected chi connectivity index (χ2v) is 7.70. The average Bonchev–Trinajstić information content (AvgIpc) is 2.90. The van der Waals surface area contributed by atoms with E-state index in [9.17, 15) is 9.59 Å². The highest BCUT2D eigenvalue weighted by Crippen LogP contribution is 2.28. The Balaban J connectivity index is 1.90. The van der Waals surface area contributed by atoms with Crippen molar-refractivity contribution < 1.29 is 14.3 Å². The van der Waals surface area contributed by atoms with E-state index in [4.69, 9.17) is 27.9 Å². The highest BCUT2D eigenvalue weighted by atomic mass is 35.5. The van der Waals surface area contributed by atoms with Gasteiger partial charge < -0.3 is 14.5 Å². The summed E-state index contributed by atoms with van der Waals surface area (Å²) in [6, 6.07) is 4.93. The first kappa shape index (κ1) is 22.8. The van der Waals surface area contributed by atoms with Gasteiger partial charge in [0.1, 0.15) is 5.75 Å². The van der Waals surface area contributed by atoms with Gasteiger partial charge in [0.05, 0.1) is 11.6 Å². The zero-order chi connectivity index (χ0) is 20.7. The number of likely N-dealkylation sites (N-methyl/N-ethyl adjacent to an activating group) is 1. The van der Waals surface area contributed by atoms with E-state index in [0.717, 1.165) is 26.1 Å². The predicted molar refractivity (Wildman–Crippen MR) is 112 cm³/mol. The van der Waals surface area contributed by atoms with E-state index < -0.39 is 6.10 Å². The number of hydrogen-bond donors (Lipinski definition) is 0. The number of carbonyl (C=O) groups is 2. The van der Waals surface area contributed by atoms with E-state index in [0.29, 0.717) is 42.0 Å². The molecule has 0 aliphatic carbocycles. The molecule has 156 valence electrons. The number of amides is 2. The molecule has 2 amide bonds. The molecule has 0 aromatic heterocycles. The van der Waals surface area contributed by atoms with E-state index >= 15 is 0 Å². The third-order valence-electron chi connectivity index (χ3n) is 4.92. The first-order valence-corrected chi connectivity index (χ1v) is 10.5. The molecule has 0 N–H and O–H groups in total. The summed E-state index contributed by atoms with van der Waals surface area (Å²) in [5, 5.41) is 0.896. The fourth-order valence-corrected chi connectivity index (χ4v) is 3.74. The van der Waals surface area contributed by atoms with E-state index in [2.05, 4.69) is 4.90 Å². The Morgan fingerprint density at radius 3 is 2.50 bits per heavy atom. The highest BCUT2D eigenvalue weighted by molar-refractivity contribution is 6.35. The Labute approximate surface area is 177 Å². The van der Waals surface area contributed by atoms with Crippen molar-refractivity contribution in [2.24, 2.45) is 0 Å². The minimum Gasteiger partial charge on any atom is -0.479 e. The van der Waals surface area contributed by atoms with E-state index in [1.165, 1.54) is 0 Å². The molecule has 1 unspecified atom stereocenters. The minimum atomic E-state index is -0.650. The van der Waals surface area contributed by atoms with Crippen LogP contribution in [-0.4, -0.2) is 78.4 Å². The molecule has 1 aromatic carbocycles. The average molecular weight is 430 g/mol. The smallest absolute Gasteiger partial charge is 0.263 e. The number of benzene rings is 1. The maximum Gasteiger partial charge on any atom is 0.263 e. The Morgan fingerprint density at radius 1 is 1.14 bits per heavy atom. The second kappa shape index (κ2) is 10.9. The predicted octanol–water partition coefficient (Wildman–Crippen LogP) is 3.16. The Kier molecular flexibility index (Phi) is 8.86. The van der Waals surface area contributed by atoms with Gasteiger partial charge >= 0.3 is 0 Å². The lowest BCUT2D eigenvalue weighted by atomic mass is 10.3. The number of nitrogens with zero attached hydrogens (tertiary/aromatic N) is 3. The zero-order valence-corrected chi connectivity index (χ0v) is 18.3. The third-order valence-corrected chi connectivity index (χ3v) is 5.45. The van der Waals surface area contributed by atoms with Crippen molar-refractivity contribution in [3.8, 4) is 5.75 Å². The largest absolute Gasteiger partial charge is 0.479 e. The molecule has 2 rings (SSSR count). The molecule has 1 saturated heterocycles. The SMILES string of the molecule is CCN(CC)C(=O)CN1CCCN(C(=O)C(C)Oc2ccc(Cl)cc2Cl)CC1. The molecular formula is C20H29Cl2N3O3. The molecular weight excluding hydrogens is 401 g/mol. The topological polar surface area (TPSA) is 53.1 Å². The standard InChI is InChI=1S/C20H29Cl2N3O3/c1-4-24(5-2)19(26)14-23-9-6-10-25(12-11-23)20(27)15(3)28-18-8-7-16(21)13-17(18)22/h7-8,13,15H,4-6,9-12,14H2,1-3H3. The number of rotatable bonds is 7. The summed E-state index contributed by atoms with van der Waals surface area (Å²) in [7, 11) is 0. The number of carbonyl (C=O) groups excluding carboxylic acids is 2. The van der Waals surface area contributed by atoms with Crippen molar-refractivity contribution in [3.63, 3.8) is 0 Å². The molecule has 1 aliphatic heterocycles. The monoisotopic (exact) mass is 429 g/mol. The van der Waals surface area contributed by atoms with Gasteiger partial charge in [-0.15, -0.1) is 0 Å². The summed E-state index contributed by atoms with van der Waals surface area (Å²) >= 11 is 12.0. The normalized spacial score (nSPS) is 16.4. The number of hydrogen-bond acceptors (Lipinski definition) is 4. The van der Waals surface area contributed by atoms with Crippen molar-refractivity contribution in [2.75, 3.05) is 45.8 Å². The van der Waals surface area contributed by atoms with Crippen molar-refractivity contribution in [1.29, 1.82) is 0 Å². The molecule has 8 heteroatoms. The lowest BCUT2D eigenvalue weighted by Gasteiger charge is -2.26. The van der Waals surface area contributed by atoms with Gasteiger partial charge in [-0.1, -0.05) is 23.2 Å². The quantitative estimate of drug-likeness (QED) is 0.667. The van der Waals surface area contributed by atoms with Gasteiger partial charge in [0.25, 0.3) is 5.91 Å². The van der Waals surface area contributed by atoms with Gasteiger partial charge in [-0.3, -0.25) is 14.5 Å². The Morgan fingerprint density at radius 2 is 1.86 bits per heavy atom. The first-order valence-electron chi connectivity index (χ1n) is 9.76. The van der Waals surface area contributed by atoms with Crippen LogP contribution in [0.5, 0.6) is 5.75 Å². The molecule has 0 bridgehead atoms. The highest BCUT2D eigenvalue weighted by Gasteiger charge is 2.26. The summed E-state index contributed by atoms with van der Waals surface area (Å²) in [5.41, 5.74) is 0. The second-order valence-electron chi connectivity index (χ2n) is 6.86. The molecule has 28 heavy (non-hydrogen) atoms. The van der Waals surface area contributed by atoms with E-state index in [1.54, 1.807) is 30.0 Å². The fourth-order valence-electron chi connectivity index (χ4n) is 3.29. The fraction of sp³-hybridized carbons (Fsp3) is 0.600. The third kappa shape index (κ3) is 6.26. The molecule has 6 nitrogen and oxygen atoms in total. The Bertz CT molecular complexity index is 683. The van der Waals surface area contributed by atoms with Gasteiger partial charge in [0.15, 0.2) is 6.10 Å². The van der Waals surface area contributed by atoms with Crippen LogP contribution in [0.4, 0.5) is 0 Å². The lowest BCUT2D eigenvalue weighted by Crippen LogP contribution is -2.44. The molecule has 1 heterocycles. The molecule has 0 spiro atoms. The molecule has 1 fully saturated rings. The van der Waals surface area contributed by atoms with Crippen LogP contribution in [0.1, 0.15) is 27.2 Å².